The van der Waals surface area contributed by atoms with Crippen molar-refractivity contribution in [3.8, 4) is 17.1 Å². The Morgan fingerprint density at radius 2 is 2.05 bits per heavy atom. The number of carboxylic acid groups (broad SMARTS) is 1. The third-order valence-corrected chi connectivity index (χ3v) is 2.93. The van der Waals surface area contributed by atoms with Gasteiger partial charge in [0.25, 0.3) is 0 Å². The fourth-order valence-corrected chi connectivity index (χ4v) is 1.92. The highest BCUT2D eigenvalue weighted by atomic mass is 16.4. The zero-order valence-electron chi connectivity index (χ0n) is 11.0. The molecule has 0 atom stereocenters. The average molecular weight is 284 g/mol. The van der Waals surface area contributed by atoms with Crippen LogP contribution >= 0.6 is 0 Å². The summed E-state index contributed by atoms with van der Waals surface area (Å²) in [6.45, 7) is 0.216. The van der Waals surface area contributed by atoms with Gasteiger partial charge in [-0.15, -0.1) is 5.10 Å². The molecule has 0 amide bonds. The number of benzene rings is 1. The molecule has 1 aromatic carbocycles. The van der Waals surface area contributed by atoms with E-state index in [0.29, 0.717) is 5.82 Å². The summed E-state index contributed by atoms with van der Waals surface area (Å²) in [5.41, 5.74) is 1.66. The van der Waals surface area contributed by atoms with Gasteiger partial charge < -0.3 is 5.11 Å². The van der Waals surface area contributed by atoms with Crippen LogP contribution in [0.3, 0.4) is 0 Å². The van der Waals surface area contributed by atoms with E-state index < -0.39 is 5.97 Å². The van der Waals surface area contributed by atoms with Crippen molar-refractivity contribution >= 4 is 5.97 Å². The van der Waals surface area contributed by atoms with Gasteiger partial charge in [0.1, 0.15) is 0 Å². The van der Waals surface area contributed by atoms with Gasteiger partial charge in [0, 0.05) is 6.20 Å². The molecule has 8 heteroatoms. The van der Waals surface area contributed by atoms with Crippen LogP contribution in [-0.2, 0) is 11.3 Å². The number of aliphatic carboxylic acids is 1. The van der Waals surface area contributed by atoms with Crippen LogP contribution in [0.5, 0.6) is 0 Å². The maximum atomic E-state index is 10.6. The maximum absolute atomic E-state index is 10.6. The van der Waals surface area contributed by atoms with Crippen molar-refractivity contribution in [2.75, 3.05) is 0 Å². The minimum Gasteiger partial charge on any atom is -0.481 e. The lowest BCUT2D eigenvalue weighted by Gasteiger charge is -2.00. The fourth-order valence-electron chi connectivity index (χ4n) is 1.92. The smallest absolute Gasteiger partial charge is 0.305 e. The quantitative estimate of drug-likeness (QED) is 0.750. The minimum absolute atomic E-state index is 0.0368. The second-order valence-corrected chi connectivity index (χ2v) is 4.38. The molecule has 0 aliphatic heterocycles. The number of aryl methyl sites for hydroxylation is 1. The molecule has 0 aliphatic carbocycles. The van der Waals surface area contributed by atoms with E-state index in [0.717, 1.165) is 11.3 Å². The number of hydrogen-bond acceptors (Lipinski definition) is 5. The standard InChI is InChI=1S/C13H12N6O2/c20-12(21)6-7-18-13(15-16-17-18)10-8-14-19(9-10)11-4-2-1-3-5-11/h1-5,8-9H,6-7H2,(H,20,21). The number of nitrogens with zero attached hydrogens (tertiary/aromatic N) is 6. The van der Waals surface area contributed by atoms with E-state index in [4.69, 9.17) is 5.11 Å². The Morgan fingerprint density at radius 3 is 2.81 bits per heavy atom. The maximum Gasteiger partial charge on any atom is 0.305 e. The number of carboxylic acids is 1. The Hall–Kier alpha value is -3.03. The van der Waals surface area contributed by atoms with E-state index in [1.807, 2.05) is 30.3 Å². The van der Waals surface area contributed by atoms with Crippen molar-refractivity contribution in [2.24, 2.45) is 0 Å². The molecule has 2 heterocycles. The Kier molecular flexibility index (Phi) is 3.42. The van der Waals surface area contributed by atoms with Crippen molar-refractivity contribution in [1.82, 2.24) is 30.0 Å². The first-order chi connectivity index (χ1) is 10.2. The van der Waals surface area contributed by atoms with E-state index in [2.05, 4.69) is 20.6 Å². The summed E-state index contributed by atoms with van der Waals surface area (Å²) >= 11 is 0. The first-order valence-corrected chi connectivity index (χ1v) is 6.32. The molecule has 0 saturated carbocycles. The van der Waals surface area contributed by atoms with Crippen LogP contribution in [0.4, 0.5) is 0 Å². The first kappa shape index (κ1) is 13.0. The summed E-state index contributed by atoms with van der Waals surface area (Å²) < 4.78 is 3.17. The molecule has 0 spiro atoms. The average Bonchev–Trinajstić information content (AvgIpc) is 3.14. The number of hydrogen-bond donors (Lipinski definition) is 1. The number of tetrazole rings is 1. The van der Waals surface area contributed by atoms with Crippen LogP contribution in [0.25, 0.3) is 17.1 Å². The monoisotopic (exact) mass is 284 g/mol. The van der Waals surface area contributed by atoms with Gasteiger partial charge >= 0.3 is 5.97 Å². The van der Waals surface area contributed by atoms with Gasteiger partial charge in [-0.25, -0.2) is 9.36 Å². The van der Waals surface area contributed by atoms with E-state index in [1.54, 1.807) is 17.1 Å². The molecular weight excluding hydrogens is 272 g/mol. The zero-order chi connectivity index (χ0) is 14.7. The molecule has 0 saturated heterocycles. The largest absolute Gasteiger partial charge is 0.481 e. The topological polar surface area (TPSA) is 98.7 Å². The molecule has 21 heavy (non-hydrogen) atoms. The minimum atomic E-state index is -0.892. The predicted octanol–water partition coefficient (Wildman–Crippen LogP) is 1.00. The van der Waals surface area contributed by atoms with Gasteiger partial charge in [0.15, 0.2) is 5.82 Å². The highest BCUT2D eigenvalue weighted by Gasteiger charge is 2.12. The molecule has 0 fully saturated rings. The van der Waals surface area contributed by atoms with Crippen molar-refractivity contribution in [1.29, 1.82) is 0 Å². The van der Waals surface area contributed by atoms with Crippen molar-refractivity contribution in [3.63, 3.8) is 0 Å². The summed E-state index contributed by atoms with van der Waals surface area (Å²) in [7, 11) is 0. The van der Waals surface area contributed by atoms with Gasteiger partial charge in [0.05, 0.1) is 30.4 Å². The van der Waals surface area contributed by atoms with Crippen LogP contribution in [0.15, 0.2) is 42.7 Å². The van der Waals surface area contributed by atoms with Gasteiger partial charge in [0.2, 0.25) is 0 Å². The normalized spacial score (nSPS) is 10.7. The summed E-state index contributed by atoms with van der Waals surface area (Å²) in [5, 5.41) is 24.3. The van der Waals surface area contributed by atoms with E-state index >= 15 is 0 Å². The molecule has 3 aromatic rings. The van der Waals surface area contributed by atoms with Crippen LogP contribution in [0.1, 0.15) is 6.42 Å². The van der Waals surface area contributed by atoms with Gasteiger partial charge in [-0.05, 0) is 22.6 Å². The van der Waals surface area contributed by atoms with E-state index in [9.17, 15) is 4.79 Å². The molecule has 3 rings (SSSR count). The number of para-hydroxylation sites is 1. The zero-order valence-corrected chi connectivity index (χ0v) is 11.0. The molecule has 0 unspecified atom stereocenters. The van der Waals surface area contributed by atoms with Crippen molar-refractivity contribution < 1.29 is 9.90 Å². The van der Waals surface area contributed by atoms with Gasteiger partial charge in [-0.2, -0.15) is 5.10 Å². The molecule has 0 radical (unpaired) electrons. The summed E-state index contributed by atoms with van der Waals surface area (Å²) in [4.78, 5) is 10.6. The van der Waals surface area contributed by atoms with Crippen LogP contribution < -0.4 is 0 Å². The molecular formula is C13H12N6O2. The highest BCUT2D eigenvalue weighted by molar-refractivity contribution is 5.66. The Labute approximate surface area is 119 Å². The lowest BCUT2D eigenvalue weighted by Crippen LogP contribution is -2.07. The molecule has 8 nitrogen and oxygen atoms in total. The first-order valence-electron chi connectivity index (χ1n) is 6.32. The van der Waals surface area contributed by atoms with E-state index in [1.165, 1.54) is 4.68 Å². The molecule has 2 aromatic heterocycles. The summed E-state index contributed by atoms with van der Waals surface area (Å²) in [6, 6.07) is 9.65. The lowest BCUT2D eigenvalue weighted by molar-refractivity contribution is -0.137. The molecule has 0 aliphatic rings. The van der Waals surface area contributed by atoms with Gasteiger partial charge in [-0.3, -0.25) is 4.79 Å². The van der Waals surface area contributed by atoms with Gasteiger partial charge in [-0.1, -0.05) is 18.2 Å². The molecule has 1 N–H and O–H groups in total. The Morgan fingerprint density at radius 1 is 1.24 bits per heavy atom. The highest BCUT2D eigenvalue weighted by Crippen LogP contribution is 2.17. The second kappa shape index (κ2) is 5.53. The third-order valence-electron chi connectivity index (χ3n) is 2.93. The number of carbonyl (C=O) groups is 1. The SMILES string of the molecule is O=C(O)CCn1nnnc1-c1cnn(-c2ccccc2)c1. The van der Waals surface area contributed by atoms with E-state index in [-0.39, 0.29) is 13.0 Å². The molecule has 106 valence electrons. The predicted molar refractivity (Wildman–Crippen MR) is 72.6 cm³/mol. The van der Waals surface area contributed by atoms with Crippen LogP contribution in [0.2, 0.25) is 0 Å². The summed E-state index contributed by atoms with van der Waals surface area (Å²) in [6.07, 6.45) is 3.42. The van der Waals surface area contributed by atoms with Crippen LogP contribution in [-0.4, -0.2) is 41.1 Å². The van der Waals surface area contributed by atoms with Crippen molar-refractivity contribution in [2.45, 2.75) is 13.0 Å². The van der Waals surface area contributed by atoms with Crippen molar-refractivity contribution in [3.05, 3.63) is 42.7 Å². The second-order valence-electron chi connectivity index (χ2n) is 4.38. The molecule has 0 bridgehead atoms. The van der Waals surface area contributed by atoms with Crippen LogP contribution in [0, 0.1) is 0 Å². The lowest BCUT2D eigenvalue weighted by atomic mass is 10.3. The number of rotatable bonds is 5. The third kappa shape index (κ3) is 2.78. The number of aromatic nitrogens is 6. The Bertz CT molecular complexity index is 749. The fraction of sp³-hybridized carbons (Fsp3) is 0.154. The Balaban J connectivity index is 1.87. The summed E-state index contributed by atoms with van der Waals surface area (Å²) in [5.74, 6) is -0.394.